The number of hydrogen-bond acceptors (Lipinski definition) is 2. The zero-order valence-electron chi connectivity index (χ0n) is 11.1. The van der Waals surface area contributed by atoms with Gasteiger partial charge in [0.2, 0.25) is 0 Å². The van der Waals surface area contributed by atoms with Crippen molar-refractivity contribution in [2.24, 2.45) is 0 Å². The largest absolute Gasteiger partial charge is 0.314 e. The Morgan fingerprint density at radius 3 is 2.44 bits per heavy atom. The predicted octanol–water partition coefficient (Wildman–Crippen LogP) is 2.62. The minimum absolute atomic E-state index is 0.762. The second-order valence-electron chi connectivity index (χ2n) is 5.65. The van der Waals surface area contributed by atoms with Crippen molar-refractivity contribution in [3.63, 3.8) is 0 Å². The molecule has 1 aliphatic heterocycles. The van der Waals surface area contributed by atoms with Crippen molar-refractivity contribution in [2.45, 2.75) is 37.6 Å². The predicted molar refractivity (Wildman–Crippen MR) is 75.9 cm³/mol. The summed E-state index contributed by atoms with van der Waals surface area (Å²) in [6.07, 6.45) is 5.58. The van der Waals surface area contributed by atoms with Gasteiger partial charge in [-0.3, -0.25) is 4.90 Å². The van der Waals surface area contributed by atoms with E-state index in [1.807, 2.05) is 0 Å². The molecule has 0 aromatic heterocycles. The molecule has 1 aromatic carbocycles. The average molecular weight is 244 g/mol. The molecule has 2 aliphatic rings. The summed E-state index contributed by atoms with van der Waals surface area (Å²) < 4.78 is 0. The number of rotatable bonds is 2. The molecular formula is C16H24N2. The lowest BCUT2D eigenvalue weighted by molar-refractivity contribution is 0.120. The fourth-order valence-electron chi connectivity index (χ4n) is 3.65. The van der Waals surface area contributed by atoms with Crippen molar-refractivity contribution in [3.8, 4) is 0 Å². The molecule has 2 nitrogen and oxygen atoms in total. The monoisotopic (exact) mass is 244 g/mol. The summed E-state index contributed by atoms with van der Waals surface area (Å²) in [6.45, 7) is 4.79. The third kappa shape index (κ3) is 2.60. The van der Waals surface area contributed by atoms with Gasteiger partial charge in [0.25, 0.3) is 0 Å². The average Bonchev–Trinajstić information content (AvgIpc) is 2.49. The van der Waals surface area contributed by atoms with Gasteiger partial charge >= 0.3 is 0 Å². The molecule has 2 fully saturated rings. The third-order valence-electron chi connectivity index (χ3n) is 4.58. The molecule has 2 atom stereocenters. The Balaban J connectivity index is 1.77. The molecule has 1 N–H and O–H groups in total. The first-order valence-corrected chi connectivity index (χ1v) is 7.45. The second-order valence-corrected chi connectivity index (χ2v) is 5.65. The normalized spacial score (nSPS) is 30.2. The highest BCUT2D eigenvalue weighted by Crippen LogP contribution is 2.36. The molecule has 0 radical (unpaired) electrons. The number of nitrogens with zero attached hydrogens (tertiary/aromatic N) is 1. The molecule has 1 aliphatic carbocycles. The van der Waals surface area contributed by atoms with E-state index in [1.165, 1.54) is 38.8 Å². The van der Waals surface area contributed by atoms with Gasteiger partial charge in [-0.05, 0) is 24.3 Å². The van der Waals surface area contributed by atoms with Gasteiger partial charge in [0.05, 0.1) is 0 Å². The Morgan fingerprint density at radius 2 is 1.67 bits per heavy atom. The molecule has 0 spiro atoms. The van der Waals surface area contributed by atoms with Crippen LogP contribution in [0, 0.1) is 0 Å². The van der Waals surface area contributed by atoms with Crippen molar-refractivity contribution >= 4 is 0 Å². The van der Waals surface area contributed by atoms with E-state index >= 15 is 0 Å². The molecule has 1 saturated heterocycles. The Labute approximate surface area is 110 Å². The fraction of sp³-hybridized carbons (Fsp3) is 0.625. The van der Waals surface area contributed by atoms with Crippen molar-refractivity contribution in [2.75, 3.05) is 26.2 Å². The van der Waals surface area contributed by atoms with Crippen molar-refractivity contribution < 1.29 is 0 Å². The summed E-state index contributed by atoms with van der Waals surface area (Å²) in [4.78, 5) is 2.73. The zero-order chi connectivity index (χ0) is 12.2. The van der Waals surface area contributed by atoms with Crippen molar-refractivity contribution in [1.29, 1.82) is 0 Å². The topological polar surface area (TPSA) is 15.3 Å². The van der Waals surface area contributed by atoms with Crippen LogP contribution in [0.1, 0.15) is 37.2 Å². The maximum absolute atomic E-state index is 3.47. The molecule has 1 aromatic rings. The summed E-state index contributed by atoms with van der Waals surface area (Å²) in [7, 11) is 0. The van der Waals surface area contributed by atoms with Crippen molar-refractivity contribution in [1.82, 2.24) is 10.2 Å². The summed E-state index contributed by atoms with van der Waals surface area (Å²) >= 11 is 0. The minimum Gasteiger partial charge on any atom is -0.314 e. The SMILES string of the molecule is c1ccc(C2CCCC[C@@H]2N2CCNCC2)cc1. The smallest absolute Gasteiger partial charge is 0.0165 e. The van der Waals surface area contributed by atoms with Crippen LogP contribution in [0.25, 0.3) is 0 Å². The maximum atomic E-state index is 3.47. The van der Waals surface area contributed by atoms with Crippen LogP contribution in [0.2, 0.25) is 0 Å². The minimum atomic E-state index is 0.762. The highest BCUT2D eigenvalue weighted by atomic mass is 15.2. The zero-order valence-corrected chi connectivity index (χ0v) is 11.1. The van der Waals surface area contributed by atoms with E-state index in [1.54, 1.807) is 5.56 Å². The lowest BCUT2D eigenvalue weighted by Crippen LogP contribution is -2.51. The molecule has 98 valence electrons. The van der Waals surface area contributed by atoms with Gasteiger partial charge in [-0.1, -0.05) is 43.2 Å². The van der Waals surface area contributed by atoms with Gasteiger partial charge in [0.1, 0.15) is 0 Å². The van der Waals surface area contributed by atoms with Crippen LogP contribution in [0.15, 0.2) is 30.3 Å². The van der Waals surface area contributed by atoms with E-state index in [2.05, 4.69) is 40.5 Å². The molecular weight excluding hydrogens is 220 g/mol. The second kappa shape index (κ2) is 5.85. The first-order chi connectivity index (χ1) is 8.95. The summed E-state index contributed by atoms with van der Waals surface area (Å²) in [5, 5.41) is 3.47. The Bertz CT molecular complexity index is 357. The maximum Gasteiger partial charge on any atom is 0.0165 e. The lowest BCUT2D eigenvalue weighted by atomic mass is 9.79. The van der Waals surface area contributed by atoms with E-state index in [9.17, 15) is 0 Å². The van der Waals surface area contributed by atoms with E-state index in [-0.39, 0.29) is 0 Å². The van der Waals surface area contributed by atoms with E-state index in [0.717, 1.165) is 25.0 Å². The summed E-state index contributed by atoms with van der Waals surface area (Å²) in [6, 6.07) is 11.9. The molecule has 0 amide bonds. The van der Waals surface area contributed by atoms with Crippen LogP contribution < -0.4 is 5.32 Å². The van der Waals surface area contributed by atoms with Crippen LogP contribution >= 0.6 is 0 Å². The van der Waals surface area contributed by atoms with Crippen LogP contribution in [-0.4, -0.2) is 37.1 Å². The van der Waals surface area contributed by atoms with E-state index < -0.39 is 0 Å². The van der Waals surface area contributed by atoms with Gasteiger partial charge < -0.3 is 5.32 Å². The molecule has 18 heavy (non-hydrogen) atoms. The Hall–Kier alpha value is -0.860. The summed E-state index contributed by atoms with van der Waals surface area (Å²) in [5.41, 5.74) is 1.56. The highest BCUT2D eigenvalue weighted by Gasteiger charge is 2.31. The van der Waals surface area contributed by atoms with E-state index in [0.29, 0.717) is 0 Å². The van der Waals surface area contributed by atoms with Crippen LogP contribution in [-0.2, 0) is 0 Å². The summed E-state index contributed by atoms with van der Waals surface area (Å²) in [5.74, 6) is 0.762. The first kappa shape index (κ1) is 12.2. The molecule has 2 heteroatoms. The number of hydrogen-bond donors (Lipinski definition) is 1. The van der Waals surface area contributed by atoms with Gasteiger partial charge in [-0.15, -0.1) is 0 Å². The highest BCUT2D eigenvalue weighted by molar-refractivity contribution is 5.22. The van der Waals surface area contributed by atoms with Gasteiger partial charge in [-0.2, -0.15) is 0 Å². The van der Waals surface area contributed by atoms with Gasteiger partial charge in [-0.25, -0.2) is 0 Å². The lowest BCUT2D eigenvalue weighted by Gasteiger charge is -2.42. The molecule has 1 heterocycles. The molecule has 1 unspecified atom stereocenters. The Kier molecular flexibility index (Phi) is 3.96. The molecule has 1 saturated carbocycles. The van der Waals surface area contributed by atoms with Crippen molar-refractivity contribution in [3.05, 3.63) is 35.9 Å². The fourth-order valence-corrected chi connectivity index (χ4v) is 3.65. The third-order valence-corrected chi connectivity index (χ3v) is 4.58. The molecule has 0 bridgehead atoms. The number of nitrogens with one attached hydrogen (secondary N) is 1. The van der Waals surface area contributed by atoms with Gasteiger partial charge in [0, 0.05) is 32.2 Å². The van der Waals surface area contributed by atoms with Gasteiger partial charge in [0.15, 0.2) is 0 Å². The number of piperazine rings is 1. The van der Waals surface area contributed by atoms with Crippen LogP contribution in [0.5, 0.6) is 0 Å². The Morgan fingerprint density at radius 1 is 0.944 bits per heavy atom. The van der Waals surface area contributed by atoms with Crippen LogP contribution in [0.3, 0.4) is 0 Å². The standard InChI is InChI=1S/C16H24N2/c1-2-6-14(7-3-1)15-8-4-5-9-16(15)18-12-10-17-11-13-18/h1-3,6-7,15-17H,4-5,8-13H2/t15?,16-/m0/s1. The van der Waals surface area contributed by atoms with Crippen LogP contribution in [0.4, 0.5) is 0 Å². The quantitative estimate of drug-likeness (QED) is 0.860. The first-order valence-electron chi connectivity index (χ1n) is 7.45. The molecule has 3 rings (SSSR count). The van der Waals surface area contributed by atoms with E-state index in [4.69, 9.17) is 0 Å². The number of benzene rings is 1.